The summed E-state index contributed by atoms with van der Waals surface area (Å²) >= 11 is 0. The number of nitrogens with zero attached hydrogens (tertiary/aromatic N) is 2. The van der Waals surface area contributed by atoms with Crippen LogP contribution in [0.1, 0.15) is 23.7 Å². The smallest absolute Gasteiger partial charge is 0.258 e. The van der Waals surface area contributed by atoms with Crippen molar-refractivity contribution in [2.24, 2.45) is 5.73 Å². The van der Waals surface area contributed by atoms with Crippen LogP contribution in [0, 0.1) is 0 Å². The van der Waals surface area contributed by atoms with E-state index in [1.165, 1.54) is 4.90 Å². The average molecular weight is 291 g/mol. The van der Waals surface area contributed by atoms with Gasteiger partial charge in [0, 0.05) is 32.4 Å². The number of amides is 2. The third-order valence-electron chi connectivity index (χ3n) is 3.52. The molecule has 4 N–H and O–H groups in total. The minimum Gasteiger partial charge on any atom is -0.372 e. The number of aromatic nitrogens is 1. The van der Waals surface area contributed by atoms with Crippen molar-refractivity contribution in [1.29, 1.82) is 0 Å². The monoisotopic (exact) mass is 291 g/mol. The molecule has 0 saturated carbocycles. The predicted octanol–water partition coefficient (Wildman–Crippen LogP) is -0.199. The topological polar surface area (TPSA) is 100 Å². The summed E-state index contributed by atoms with van der Waals surface area (Å²) in [6, 6.07) is 2.69. The number of hydrogen-bond acceptors (Lipinski definition) is 5. The Balaban J connectivity index is 2.25. The minimum atomic E-state index is -0.516. The standard InChI is InChI=1S/C14H21N5O2/c1-3-17-13(20)11-7-9(15)8-19(11)14(21)10-5-4-6-18-12(10)16-2/h4-6,9,11H,3,7-8,15H2,1-2H3,(H,16,18)(H,17,20)/t9-,11-/m0/s1. The van der Waals surface area contributed by atoms with Crippen molar-refractivity contribution in [1.82, 2.24) is 15.2 Å². The Morgan fingerprint density at radius 2 is 2.29 bits per heavy atom. The Kier molecular flexibility index (Phi) is 4.74. The van der Waals surface area contributed by atoms with Gasteiger partial charge in [0.15, 0.2) is 0 Å². The molecule has 2 amide bonds. The fraction of sp³-hybridized carbons (Fsp3) is 0.500. The Labute approximate surface area is 123 Å². The van der Waals surface area contributed by atoms with E-state index < -0.39 is 6.04 Å². The zero-order chi connectivity index (χ0) is 15.4. The third-order valence-corrected chi connectivity index (χ3v) is 3.52. The molecule has 1 fully saturated rings. The largest absolute Gasteiger partial charge is 0.372 e. The van der Waals surface area contributed by atoms with E-state index in [-0.39, 0.29) is 17.9 Å². The first-order valence-corrected chi connectivity index (χ1v) is 7.05. The molecule has 1 saturated heterocycles. The summed E-state index contributed by atoms with van der Waals surface area (Å²) in [4.78, 5) is 30.5. The van der Waals surface area contributed by atoms with Crippen molar-refractivity contribution < 1.29 is 9.59 Å². The molecule has 0 bridgehead atoms. The summed E-state index contributed by atoms with van der Waals surface area (Å²) in [5, 5.41) is 5.64. The Hall–Kier alpha value is -2.15. The number of likely N-dealkylation sites (tertiary alicyclic amines) is 1. The fourth-order valence-corrected chi connectivity index (χ4v) is 2.57. The minimum absolute atomic E-state index is 0.159. The summed E-state index contributed by atoms with van der Waals surface area (Å²) in [5.41, 5.74) is 6.38. The summed E-state index contributed by atoms with van der Waals surface area (Å²) in [7, 11) is 1.70. The first-order chi connectivity index (χ1) is 10.1. The van der Waals surface area contributed by atoms with Gasteiger partial charge in [-0.15, -0.1) is 0 Å². The van der Waals surface area contributed by atoms with E-state index in [9.17, 15) is 9.59 Å². The Bertz CT molecular complexity index is 534. The summed E-state index contributed by atoms with van der Waals surface area (Å²) in [5.74, 6) is 0.114. The van der Waals surface area contributed by atoms with E-state index in [0.29, 0.717) is 30.9 Å². The van der Waals surface area contributed by atoms with Gasteiger partial charge in [0.25, 0.3) is 5.91 Å². The van der Waals surface area contributed by atoms with Crippen LogP contribution in [0.5, 0.6) is 0 Å². The van der Waals surface area contributed by atoms with Crippen LogP contribution in [0.4, 0.5) is 5.82 Å². The van der Waals surface area contributed by atoms with E-state index in [4.69, 9.17) is 5.73 Å². The van der Waals surface area contributed by atoms with Crippen LogP contribution in [-0.2, 0) is 4.79 Å². The highest BCUT2D eigenvalue weighted by Gasteiger charge is 2.38. The molecule has 2 atom stereocenters. The second-order valence-corrected chi connectivity index (χ2v) is 5.01. The van der Waals surface area contributed by atoms with Crippen molar-refractivity contribution in [3.63, 3.8) is 0 Å². The highest BCUT2D eigenvalue weighted by Crippen LogP contribution is 2.22. The van der Waals surface area contributed by atoms with Crippen molar-refractivity contribution >= 4 is 17.6 Å². The molecule has 0 aliphatic carbocycles. The number of pyridine rings is 1. The number of nitrogens with one attached hydrogen (secondary N) is 2. The summed E-state index contributed by atoms with van der Waals surface area (Å²) in [6.45, 7) is 2.75. The van der Waals surface area contributed by atoms with E-state index in [0.717, 1.165) is 0 Å². The van der Waals surface area contributed by atoms with Gasteiger partial charge in [-0.3, -0.25) is 9.59 Å². The van der Waals surface area contributed by atoms with Crippen LogP contribution >= 0.6 is 0 Å². The van der Waals surface area contributed by atoms with Gasteiger partial charge in [-0.1, -0.05) is 0 Å². The van der Waals surface area contributed by atoms with Crippen LogP contribution in [0.25, 0.3) is 0 Å². The predicted molar refractivity (Wildman–Crippen MR) is 79.9 cm³/mol. The number of hydrogen-bond donors (Lipinski definition) is 3. The fourth-order valence-electron chi connectivity index (χ4n) is 2.57. The zero-order valence-electron chi connectivity index (χ0n) is 12.3. The van der Waals surface area contributed by atoms with Crippen LogP contribution in [0.15, 0.2) is 18.3 Å². The lowest BCUT2D eigenvalue weighted by atomic mass is 10.1. The van der Waals surface area contributed by atoms with Crippen molar-refractivity contribution in [2.45, 2.75) is 25.4 Å². The second-order valence-electron chi connectivity index (χ2n) is 5.01. The van der Waals surface area contributed by atoms with Gasteiger partial charge in [0.1, 0.15) is 11.9 Å². The molecule has 21 heavy (non-hydrogen) atoms. The van der Waals surface area contributed by atoms with Crippen LogP contribution < -0.4 is 16.4 Å². The molecule has 1 aromatic heterocycles. The first kappa shape index (κ1) is 15.2. The number of nitrogens with two attached hydrogens (primary N) is 1. The van der Waals surface area contributed by atoms with Gasteiger partial charge in [-0.25, -0.2) is 4.98 Å². The maximum Gasteiger partial charge on any atom is 0.258 e. The molecule has 0 radical (unpaired) electrons. The van der Waals surface area contributed by atoms with E-state index in [1.807, 2.05) is 6.92 Å². The molecular formula is C14H21N5O2. The molecular weight excluding hydrogens is 270 g/mol. The molecule has 1 aliphatic heterocycles. The molecule has 1 aromatic rings. The molecule has 2 heterocycles. The molecule has 1 aliphatic rings. The highest BCUT2D eigenvalue weighted by atomic mass is 16.2. The molecule has 2 rings (SSSR count). The van der Waals surface area contributed by atoms with Gasteiger partial charge < -0.3 is 21.3 Å². The molecule has 7 heteroatoms. The van der Waals surface area contributed by atoms with Crippen molar-refractivity contribution in [2.75, 3.05) is 25.5 Å². The lowest BCUT2D eigenvalue weighted by Crippen LogP contribution is -2.46. The van der Waals surface area contributed by atoms with Crippen molar-refractivity contribution in [3.05, 3.63) is 23.9 Å². The van der Waals surface area contributed by atoms with Gasteiger partial charge in [-0.2, -0.15) is 0 Å². The first-order valence-electron chi connectivity index (χ1n) is 7.05. The zero-order valence-corrected chi connectivity index (χ0v) is 12.3. The summed E-state index contributed by atoms with van der Waals surface area (Å²) < 4.78 is 0. The van der Waals surface area contributed by atoms with Crippen LogP contribution in [-0.4, -0.2) is 53.9 Å². The Morgan fingerprint density at radius 1 is 1.52 bits per heavy atom. The molecule has 7 nitrogen and oxygen atoms in total. The SMILES string of the molecule is CCNC(=O)[C@@H]1C[C@H](N)CN1C(=O)c1cccnc1NC. The number of carbonyl (C=O) groups excluding carboxylic acids is 2. The van der Waals surface area contributed by atoms with Crippen LogP contribution in [0.2, 0.25) is 0 Å². The second kappa shape index (κ2) is 6.53. The summed E-state index contributed by atoms with van der Waals surface area (Å²) in [6.07, 6.45) is 2.09. The number of carbonyl (C=O) groups is 2. The van der Waals surface area contributed by atoms with Gasteiger partial charge in [0.2, 0.25) is 5.91 Å². The molecule has 114 valence electrons. The van der Waals surface area contributed by atoms with Gasteiger partial charge in [0.05, 0.1) is 5.56 Å². The normalized spacial score (nSPS) is 21.2. The van der Waals surface area contributed by atoms with E-state index >= 15 is 0 Å². The highest BCUT2D eigenvalue weighted by molar-refractivity contribution is 6.01. The van der Waals surface area contributed by atoms with Crippen molar-refractivity contribution in [3.8, 4) is 0 Å². The Morgan fingerprint density at radius 3 is 2.95 bits per heavy atom. The maximum absolute atomic E-state index is 12.7. The van der Waals surface area contributed by atoms with Gasteiger partial charge in [-0.05, 0) is 25.5 Å². The number of likely N-dealkylation sites (N-methyl/N-ethyl adjacent to an activating group) is 1. The molecule has 0 aromatic carbocycles. The van der Waals surface area contributed by atoms with E-state index in [1.54, 1.807) is 25.4 Å². The molecule has 0 unspecified atom stereocenters. The lowest BCUT2D eigenvalue weighted by Gasteiger charge is -2.24. The quantitative estimate of drug-likeness (QED) is 0.713. The maximum atomic E-state index is 12.7. The number of rotatable bonds is 4. The lowest BCUT2D eigenvalue weighted by molar-refractivity contribution is -0.124. The van der Waals surface area contributed by atoms with E-state index in [2.05, 4.69) is 15.6 Å². The molecule has 0 spiro atoms. The van der Waals surface area contributed by atoms with Gasteiger partial charge >= 0.3 is 0 Å². The third kappa shape index (κ3) is 3.13. The average Bonchev–Trinajstić information content (AvgIpc) is 2.88. The van der Waals surface area contributed by atoms with Crippen LogP contribution in [0.3, 0.4) is 0 Å². The number of anilines is 1.